The van der Waals surface area contributed by atoms with Crippen LogP contribution in [0.2, 0.25) is 0 Å². The largest absolute Gasteiger partial charge is 0.486 e. The fraction of sp³-hybridized carbons (Fsp3) is 0.143. The molecule has 3 aromatic heterocycles. The van der Waals surface area contributed by atoms with Crippen LogP contribution in [0.25, 0.3) is 22.2 Å². The third-order valence-electron chi connectivity index (χ3n) is 4.64. The van der Waals surface area contributed by atoms with Gasteiger partial charge in [-0.2, -0.15) is 5.10 Å². The van der Waals surface area contributed by atoms with Crippen LogP contribution in [0, 0.1) is 0 Å². The molecule has 4 heterocycles. The summed E-state index contributed by atoms with van der Waals surface area (Å²) in [4.78, 5) is 21.1. The number of hydrogen-bond donors (Lipinski definition) is 2. The Morgan fingerprint density at radius 2 is 1.97 bits per heavy atom. The summed E-state index contributed by atoms with van der Waals surface area (Å²) in [5.74, 6) is 1.72. The first-order valence-corrected chi connectivity index (χ1v) is 9.19. The maximum atomic E-state index is 12.6. The maximum absolute atomic E-state index is 12.6. The third-order valence-corrected chi connectivity index (χ3v) is 4.64. The average Bonchev–Trinajstić information content (AvgIpc) is 3.16. The van der Waals surface area contributed by atoms with E-state index < -0.39 is 0 Å². The van der Waals surface area contributed by atoms with Crippen molar-refractivity contribution < 1.29 is 14.3 Å². The third kappa shape index (κ3) is 3.47. The van der Waals surface area contributed by atoms with Crippen molar-refractivity contribution in [3.05, 3.63) is 60.6 Å². The van der Waals surface area contributed by atoms with Crippen molar-refractivity contribution in [2.24, 2.45) is 0 Å². The number of nitrogens with one attached hydrogen (secondary N) is 2. The highest BCUT2D eigenvalue weighted by molar-refractivity contribution is 6.00. The van der Waals surface area contributed by atoms with E-state index >= 15 is 0 Å². The molecule has 0 saturated carbocycles. The number of nitrogens with zero attached hydrogens (tertiary/aromatic N) is 3. The number of anilines is 1. The molecule has 1 aliphatic rings. The van der Waals surface area contributed by atoms with Crippen molar-refractivity contribution in [3.8, 4) is 22.6 Å². The number of rotatable bonds is 4. The van der Waals surface area contributed by atoms with E-state index in [1.54, 1.807) is 18.6 Å². The summed E-state index contributed by atoms with van der Waals surface area (Å²) in [5.41, 5.74) is 3.21. The molecule has 0 fully saturated rings. The Morgan fingerprint density at radius 3 is 2.83 bits per heavy atom. The summed E-state index contributed by atoms with van der Waals surface area (Å²) in [7, 11) is 0. The molecule has 4 aromatic rings. The molecule has 0 spiro atoms. The summed E-state index contributed by atoms with van der Waals surface area (Å²) >= 11 is 0. The first-order chi connectivity index (χ1) is 14.3. The van der Waals surface area contributed by atoms with E-state index in [4.69, 9.17) is 9.47 Å². The minimum absolute atomic E-state index is 0.168. The van der Waals surface area contributed by atoms with Crippen molar-refractivity contribution in [3.63, 3.8) is 0 Å². The number of amides is 1. The van der Waals surface area contributed by atoms with Gasteiger partial charge in [0.2, 0.25) is 5.91 Å². The summed E-state index contributed by atoms with van der Waals surface area (Å²) in [6.07, 6.45) is 5.42. The topological polar surface area (TPSA) is 102 Å². The molecule has 0 atom stereocenters. The lowest BCUT2D eigenvalue weighted by Gasteiger charge is -2.18. The van der Waals surface area contributed by atoms with E-state index in [-0.39, 0.29) is 12.3 Å². The van der Waals surface area contributed by atoms with Crippen molar-refractivity contribution in [2.45, 2.75) is 6.42 Å². The quantitative estimate of drug-likeness (QED) is 0.558. The molecular weight excluding hydrogens is 370 g/mol. The summed E-state index contributed by atoms with van der Waals surface area (Å²) in [6, 6.07) is 11.3. The van der Waals surface area contributed by atoms with Crippen LogP contribution in [0.1, 0.15) is 5.56 Å². The Morgan fingerprint density at radius 1 is 1.07 bits per heavy atom. The van der Waals surface area contributed by atoms with Gasteiger partial charge in [-0.15, -0.1) is 0 Å². The molecule has 144 valence electrons. The fourth-order valence-electron chi connectivity index (χ4n) is 3.25. The maximum Gasteiger partial charge on any atom is 0.229 e. The van der Waals surface area contributed by atoms with Crippen LogP contribution in [0.4, 0.5) is 5.82 Å². The van der Waals surface area contributed by atoms with Gasteiger partial charge >= 0.3 is 0 Å². The zero-order chi connectivity index (χ0) is 19.6. The molecule has 5 rings (SSSR count). The van der Waals surface area contributed by atoms with Gasteiger partial charge in [0.25, 0.3) is 0 Å². The van der Waals surface area contributed by atoms with Crippen LogP contribution in [0.5, 0.6) is 11.5 Å². The second-order valence-corrected chi connectivity index (χ2v) is 6.64. The minimum atomic E-state index is -0.168. The van der Waals surface area contributed by atoms with Gasteiger partial charge < -0.3 is 14.8 Å². The zero-order valence-corrected chi connectivity index (χ0v) is 15.4. The highest BCUT2D eigenvalue weighted by Gasteiger charge is 2.15. The summed E-state index contributed by atoms with van der Waals surface area (Å²) in [6.45, 7) is 1.05. The van der Waals surface area contributed by atoms with Gasteiger partial charge in [0, 0.05) is 29.7 Å². The van der Waals surface area contributed by atoms with Crippen molar-refractivity contribution in [1.82, 2.24) is 20.2 Å². The van der Waals surface area contributed by atoms with Crippen molar-refractivity contribution >= 4 is 22.8 Å². The number of fused-ring (bicyclic) bond motifs is 2. The average molecular weight is 387 g/mol. The molecule has 0 saturated heterocycles. The van der Waals surface area contributed by atoms with Crippen molar-refractivity contribution in [1.29, 1.82) is 0 Å². The lowest BCUT2D eigenvalue weighted by Crippen LogP contribution is -2.17. The molecule has 1 aromatic carbocycles. The Labute approximate surface area is 165 Å². The highest BCUT2D eigenvalue weighted by Crippen LogP contribution is 2.31. The molecule has 0 unspecified atom stereocenters. The van der Waals surface area contributed by atoms with E-state index in [1.807, 2.05) is 36.4 Å². The van der Waals surface area contributed by atoms with Crippen LogP contribution in [0.3, 0.4) is 0 Å². The Balaban J connectivity index is 1.36. The minimum Gasteiger partial charge on any atom is -0.486 e. The van der Waals surface area contributed by atoms with Crippen LogP contribution in [-0.4, -0.2) is 39.3 Å². The molecule has 1 amide bonds. The van der Waals surface area contributed by atoms with E-state index in [2.05, 4.69) is 25.5 Å². The molecule has 29 heavy (non-hydrogen) atoms. The lowest BCUT2D eigenvalue weighted by atomic mass is 10.1. The predicted octanol–water partition coefficient (Wildman–Crippen LogP) is 2.97. The molecule has 8 heteroatoms. The zero-order valence-electron chi connectivity index (χ0n) is 15.4. The fourth-order valence-corrected chi connectivity index (χ4v) is 3.25. The molecule has 0 bridgehead atoms. The first kappa shape index (κ1) is 17.2. The smallest absolute Gasteiger partial charge is 0.229 e. The van der Waals surface area contributed by atoms with E-state index in [1.165, 1.54) is 0 Å². The van der Waals surface area contributed by atoms with Gasteiger partial charge in [0.15, 0.2) is 17.1 Å². The number of carbonyl (C=O) groups is 1. The lowest BCUT2D eigenvalue weighted by molar-refractivity contribution is -0.115. The van der Waals surface area contributed by atoms with Crippen LogP contribution < -0.4 is 14.8 Å². The second kappa shape index (κ2) is 7.23. The van der Waals surface area contributed by atoms with Crippen LogP contribution >= 0.6 is 0 Å². The molecule has 1 aliphatic heterocycles. The SMILES string of the molecule is O=C(Cc1ccc2c(c1)OCCO2)Nc1[nH]nc2ncc(-c3cccnc3)cc12. The van der Waals surface area contributed by atoms with E-state index in [0.29, 0.717) is 36.2 Å². The van der Waals surface area contributed by atoms with Crippen molar-refractivity contribution in [2.75, 3.05) is 18.5 Å². The van der Waals surface area contributed by atoms with Gasteiger partial charge in [-0.05, 0) is 29.8 Å². The van der Waals surface area contributed by atoms with Gasteiger partial charge in [0.05, 0.1) is 11.8 Å². The summed E-state index contributed by atoms with van der Waals surface area (Å²) < 4.78 is 11.1. The number of carbonyl (C=O) groups excluding carboxylic acids is 1. The molecular formula is C21H17N5O3. The van der Waals surface area contributed by atoms with E-state index in [9.17, 15) is 4.79 Å². The number of aromatic amines is 1. The number of benzene rings is 1. The number of H-pyrrole nitrogens is 1. The van der Waals surface area contributed by atoms with Gasteiger partial charge in [0.1, 0.15) is 19.0 Å². The molecule has 2 N–H and O–H groups in total. The van der Waals surface area contributed by atoms with E-state index in [0.717, 1.165) is 22.1 Å². The van der Waals surface area contributed by atoms with Gasteiger partial charge in [-0.1, -0.05) is 12.1 Å². The number of ether oxygens (including phenoxy) is 2. The van der Waals surface area contributed by atoms with Gasteiger partial charge in [-0.3, -0.25) is 14.9 Å². The molecule has 0 aliphatic carbocycles. The van der Waals surface area contributed by atoms with Crippen LogP contribution in [0.15, 0.2) is 55.0 Å². The Bertz CT molecular complexity index is 1190. The van der Waals surface area contributed by atoms with Gasteiger partial charge in [-0.25, -0.2) is 4.98 Å². The molecule has 8 nitrogen and oxygen atoms in total. The monoisotopic (exact) mass is 387 g/mol. The number of hydrogen-bond acceptors (Lipinski definition) is 6. The predicted molar refractivity (Wildman–Crippen MR) is 107 cm³/mol. The van der Waals surface area contributed by atoms with Crippen LogP contribution in [-0.2, 0) is 11.2 Å². The number of aromatic nitrogens is 4. The first-order valence-electron chi connectivity index (χ1n) is 9.19. The summed E-state index contributed by atoms with van der Waals surface area (Å²) in [5, 5.41) is 10.6. The number of pyridine rings is 2. The Hall–Kier alpha value is -3.94. The second-order valence-electron chi connectivity index (χ2n) is 6.64. The normalized spacial score (nSPS) is 12.7. The standard InChI is InChI=1S/C21H17N5O3/c27-19(9-13-3-4-17-18(8-13)29-7-6-28-17)24-21-16-10-15(12-23-20(16)25-26-21)14-2-1-5-22-11-14/h1-5,8,10-12H,6-7,9H2,(H2,23,24,25,26,27). The molecule has 0 radical (unpaired) electrons. The Kier molecular flexibility index (Phi) is 4.28. The highest BCUT2D eigenvalue weighted by atomic mass is 16.6.